The highest BCUT2D eigenvalue weighted by atomic mass is 35.5. The summed E-state index contributed by atoms with van der Waals surface area (Å²) >= 11 is 6.17. The fourth-order valence-corrected chi connectivity index (χ4v) is 2.52. The number of para-hydroxylation sites is 1. The lowest BCUT2D eigenvalue weighted by Crippen LogP contribution is -2.35. The van der Waals surface area contributed by atoms with Gasteiger partial charge in [-0.1, -0.05) is 38.0 Å². The van der Waals surface area contributed by atoms with E-state index in [9.17, 15) is 4.79 Å². The Kier molecular flexibility index (Phi) is 4.06. The van der Waals surface area contributed by atoms with Gasteiger partial charge >= 0.3 is 0 Å². The van der Waals surface area contributed by atoms with Gasteiger partial charge < -0.3 is 4.90 Å². The van der Waals surface area contributed by atoms with E-state index in [1.165, 1.54) is 5.56 Å². The summed E-state index contributed by atoms with van der Waals surface area (Å²) in [6, 6.07) is 8.07. The highest BCUT2D eigenvalue weighted by molar-refractivity contribution is 6.33. The van der Waals surface area contributed by atoms with Crippen molar-refractivity contribution in [2.24, 2.45) is 0 Å². The number of carbonyl (C=O) groups excluding carboxylic acids is 1. The van der Waals surface area contributed by atoms with E-state index in [2.05, 4.69) is 13.0 Å². The van der Waals surface area contributed by atoms with Crippen molar-refractivity contribution in [1.82, 2.24) is 0 Å². The Morgan fingerprint density at radius 2 is 2.24 bits per heavy atom. The second-order valence-corrected chi connectivity index (χ2v) is 5.01. The Morgan fingerprint density at radius 3 is 3.00 bits per heavy atom. The van der Waals surface area contributed by atoms with Crippen LogP contribution < -0.4 is 4.90 Å². The lowest BCUT2D eigenvalue weighted by Gasteiger charge is -2.20. The molecule has 2 rings (SSSR count). The van der Waals surface area contributed by atoms with Gasteiger partial charge in [0.1, 0.15) is 5.38 Å². The monoisotopic (exact) mass is 251 g/mol. The molecule has 3 heteroatoms. The highest BCUT2D eigenvalue weighted by Gasteiger charge is 2.28. The number of carbonyl (C=O) groups is 1. The number of halogens is 1. The molecule has 1 aromatic rings. The van der Waals surface area contributed by atoms with Gasteiger partial charge in [-0.15, -0.1) is 11.6 Å². The molecule has 0 bridgehead atoms. The molecule has 1 aliphatic rings. The molecule has 1 amide bonds. The number of nitrogens with zero attached hydrogens (tertiary/aromatic N) is 1. The number of hydrogen-bond donors (Lipinski definition) is 0. The van der Waals surface area contributed by atoms with Gasteiger partial charge in [0.05, 0.1) is 0 Å². The normalized spacial score (nSPS) is 15.8. The number of anilines is 1. The van der Waals surface area contributed by atoms with E-state index < -0.39 is 0 Å². The summed E-state index contributed by atoms with van der Waals surface area (Å²) in [5, 5.41) is -0.374. The second-order valence-electron chi connectivity index (χ2n) is 4.48. The summed E-state index contributed by atoms with van der Waals surface area (Å²) in [4.78, 5) is 14.0. The molecule has 92 valence electrons. The number of rotatable bonds is 4. The van der Waals surface area contributed by atoms with E-state index in [-0.39, 0.29) is 11.3 Å². The molecule has 2 nitrogen and oxygen atoms in total. The number of amides is 1. The summed E-state index contributed by atoms with van der Waals surface area (Å²) in [6.07, 6.45) is 3.80. The van der Waals surface area contributed by atoms with Crippen LogP contribution in [0.1, 0.15) is 31.7 Å². The predicted octanol–water partition coefficient (Wildman–Crippen LogP) is 3.37. The molecule has 1 heterocycles. The van der Waals surface area contributed by atoms with Gasteiger partial charge in [0.2, 0.25) is 5.91 Å². The van der Waals surface area contributed by atoms with Crippen LogP contribution in [0, 0.1) is 0 Å². The van der Waals surface area contributed by atoms with Crippen molar-refractivity contribution in [2.75, 3.05) is 11.4 Å². The van der Waals surface area contributed by atoms with Crippen molar-refractivity contribution in [3.05, 3.63) is 29.8 Å². The van der Waals surface area contributed by atoms with Crippen molar-refractivity contribution in [3.63, 3.8) is 0 Å². The second kappa shape index (κ2) is 5.54. The van der Waals surface area contributed by atoms with Gasteiger partial charge in [-0.2, -0.15) is 0 Å². The maximum absolute atomic E-state index is 12.2. The molecule has 1 aliphatic heterocycles. The predicted molar refractivity (Wildman–Crippen MR) is 71.7 cm³/mol. The van der Waals surface area contributed by atoms with E-state index in [1.54, 1.807) is 0 Å². The topological polar surface area (TPSA) is 20.3 Å². The molecule has 0 fully saturated rings. The van der Waals surface area contributed by atoms with Crippen LogP contribution in [0.2, 0.25) is 0 Å². The highest BCUT2D eigenvalue weighted by Crippen LogP contribution is 2.29. The first-order valence-electron chi connectivity index (χ1n) is 6.27. The third-order valence-electron chi connectivity index (χ3n) is 3.23. The summed E-state index contributed by atoms with van der Waals surface area (Å²) in [5.74, 6) is 0.0602. The van der Waals surface area contributed by atoms with Crippen LogP contribution in [-0.4, -0.2) is 17.8 Å². The number of fused-ring (bicyclic) bond motifs is 1. The van der Waals surface area contributed by atoms with Crippen molar-refractivity contribution in [3.8, 4) is 0 Å². The van der Waals surface area contributed by atoms with E-state index in [4.69, 9.17) is 11.6 Å². The molecule has 0 unspecified atom stereocenters. The fourth-order valence-electron chi connectivity index (χ4n) is 2.24. The molecule has 0 spiro atoms. The minimum Gasteiger partial charge on any atom is -0.311 e. The first kappa shape index (κ1) is 12.4. The van der Waals surface area contributed by atoms with Crippen LogP contribution in [0.3, 0.4) is 0 Å². The standard InChI is InChI=1S/C14H18ClNO/c1-2-3-7-12(15)14(17)16-10-9-11-6-4-5-8-13(11)16/h4-6,8,12H,2-3,7,9-10H2,1H3/t12-/m0/s1. The molecule has 0 aromatic heterocycles. The van der Waals surface area contributed by atoms with E-state index in [0.29, 0.717) is 0 Å². The smallest absolute Gasteiger partial charge is 0.245 e. The Morgan fingerprint density at radius 1 is 1.47 bits per heavy atom. The van der Waals surface area contributed by atoms with Gasteiger partial charge in [0, 0.05) is 12.2 Å². The van der Waals surface area contributed by atoms with E-state index >= 15 is 0 Å². The average Bonchev–Trinajstić information content (AvgIpc) is 2.78. The van der Waals surface area contributed by atoms with E-state index in [1.807, 2.05) is 23.1 Å². The Labute approximate surface area is 108 Å². The van der Waals surface area contributed by atoms with E-state index in [0.717, 1.165) is 37.9 Å². The number of alkyl halides is 1. The molecular weight excluding hydrogens is 234 g/mol. The third kappa shape index (κ3) is 2.63. The SMILES string of the molecule is CCCC[C@H](Cl)C(=O)N1CCc2ccccc21. The van der Waals surface area contributed by atoms with Crippen molar-refractivity contribution in [2.45, 2.75) is 38.0 Å². The Bertz CT molecular complexity index is 405. The molecule has 17 heavy (non-hydrogen) atoms. The van der Waals surface area contributed by atoms with Crippen LogP contribution in [0.25, 0.3) is 0 Å². The lowest BCUT2D eigenvalue weighted by molar-refractivity contribution is -0.118. The molecule has 1 atom stereocenters. The number of benzene rings is 1. The molecule has 0 aliphatic carbocycles. The van der Waals surface area contributed by atoms with Crippen LogP contribution in [-0.2, 0) is 11.2 Å². The minimum atomic E-state index is -0.374. The summed E-state index contributed by atoms with van der Waals surface area (Å²) < 4.78 is 0. The number of hydrogen-bond acceptors (Lipinski definition) is 1. The van der Waals surface area contributed by atoms with Crippen LogP contribution in [0.5, 0.6) is 0 Å². The first-order chi connectivity index (χ1) is 8.24. The summed E-state index contributed by atoms with van der Waals surface area (Å²) in [7, 11) is 0. The van der Waals surface area contributed by atoms with Gasteiger partial charge in [0.25, 0.3) is 0 Å². The van der Waals surface area contributed by atoms with Crippen molar-refractivity contribution >= 4 is 23.2 Å². The zero-order valence-electron chi connectivity index (χ0n) is 10.2. The van der Waals surface area contributed by atoms with Gasteiger partial charge in [-0.3, -0.25) is 4.79 Å². The summed E-state index contributed by atoms with van der Waals surface area (Å²) in [5.41, 5.74) is 2.29. The van der Waals surface area contributed by atoms with Crippen LogP contribution >= 0.6 is 11.6 Å². The maximum atomic E-state index is 12.2. The fraction of sp³-hybridized carbons (Fsp3) is 0.500. The average molecular weight is 252 g/mol. The molecule has 0 radical (unpaired) electrons. The Balaban J connectivity index is 2.07. The number of unbranched alkanes of at least 4 members (excludes halogenated alkanes) is 1. The molecular formula is C14H18ClNO. The zero-order chi connectivity index (χ0) is 12.3. The molecule has 0 N–H and O–H groups in total. The third-order valence-corrected chi connectivity index (χ3v) is 3.64. The lowest BCUT2D eigenvalue weighted by atomic mass is 10.1. The van der Waals surface area contributed by atoms with Crippen molar-refractivity contribution in [1.29, 1.82) is 0 Å². The zero-order valence-corrected chi connectivity index (χ0v) is 10.9. The molecule has 1 aromatic carbocycles. The van der Waals surface area contributed by atoms with Crippen molar-refractivity contribution < 1.29 is 4.79 Å². The van der Waals surface area contributed by atoms with Gasteiger partial charge in [-0.25, -0.2) is 0 Å². The maximum Gasteiger partial charge on any atom is 0.245 e. The first-order valence-corrected chi connectivity index (χ1v) is 6.71. The summed E-state index contributed by atoms with van der Waals surface area (Å²) in [6.45, 7) is 2.88. The largest absolute Gasteiger partial charge is 0.311 e. The minimum absolute atomic E-state index is 0.0602. The quantitative estimate of drug-likeness (QED) is 0.752. The van der Waals surface area contributed by atoms with Crippen LogP contribution in [0.15, 0.2) is 24.3 Å². The van der Waals surface area contributed by atoms with Gasteiger partial charge in [0.15, 0.2) is 0 Å². The van der Waals surface area contributed by atoms with Gasteiger partial charge in [-0.05, 0) is 24.5 Å². The Hall–Kier alpha value is -1.02. The van der Waals surface area contributed by atoms with Crippen LogP contribution in [0.4, 0.5) is 5.69 Å². The molecule has 0 saturated carbocycles. The molecule has 0 saturated heterocycles.